The monoisotopic (exact) mass is 302 g/mol. The minimum Gasteiger partial charge on any atom is -0.316 e. The van der Waals surface area contributed by atoms with Gasteiger partial charge in [0.1, 0.15) is 4.90 Å². The van der Waals surface area contributed by atoms with Crippen LogP contribution in [0, 0.1) is 11.6 Å². The molecule has 110 valence electrons. The van der Waals surface area contributed by atoms with Gasteiger partial charge < -0.3 is 5.32 Å². The van der Waals surface area contributed by atoms with Crippen LogP contribution < -0.4 is 5.32 Å². The summed E-state index contributed by atoms with van der Waals surface area (Å²) in [6.07, 6.45) is 4.13. The van der Waals surface area contributed by atoms with Crippen molar-refractivity contribution >= 4 is 10.0 Å². The Hall–Kier alpha value is -1.31. The van der Waals surface area contributed by atoms with Gasteiger partial charge in [0.25, 0.3) is 0 Å². The van der Waals surface area contributed by atoms with Crippen LogP contribution in [0.2, 0.25) is 0 Å². The summed E-state index contributed by atoms with van der Waals surface area (Å²) in [6, 6.07) is 2.18. The zero-order chi connectivity index (χ0) is 14.8. The van der Waals surface area contributed by atoms with Gasteiger partial charge in [-0.15, -0.1) is 0 Å². The second kappa shape index (κ2) is 5.99. The van der Waals surface area contributed by atoms with Crippen molar-refractivity contribution in [3.8, 4) is 0 Å². The van der Waals surface area contributed by atoms with E-state index < -0.39 is 26.6 Å². The van der Waals surface area contributed by atoms with E-state index in [4.69, 9.17) is 0 Å². The lowest BCUT2D eigenvalue weighted by Gasteiger charge is -2.23. The lowest BCUT2D eigenvalue weighted by Crippen LogP contribution is -2.34. The molecule has 1 heterocycles. The van der Waals surface area contributed by atoms with Crippen LogP contribution in [0.15, 0.2) is 29.2 Å². The van der Waals surface area contributed by atoms with Crippen molar-refractivity contribution in [2.75, 3.05) is 20.1 Å². The van der Waals surface area contributed by atoms with Gasteiger partial charge in [-0.1, -0.05) is 12.2 Å². The largest absolute Gasteiger partial charge is 0.316 e. The van der Waals surface area contributed by atoms with Crippen LogP contribution in [0.4, 0.5) is 8.78 Å². The molecule has 7 heteroatoms. The Labute approximate surface area is 117 Å². The molecule has 0 unspecified atom stereocenters. The molecule has 0 aromatic heterocycles. The smallest absolute Gasteiger partial charge is 0.246 e. The summed E-state index contributed by atoms with van der Waals surface area (Å²) in [5.41, 5.74) is 0.387. The molecule has 1 aromatic rings. The first kappa shape index (κ1) is 15.1. The molecule has 0 spiro atoms. The van der Waals surface area contributed by atoms with Crippen molar-refractivity contribution in [3.05, 3.63) is 41.5 Å². The number of nitrogens with one attached hydrogen (secondary N) is 1. The van der Waals surface area contributed by atoms with Gasteiger partial charge in [-0.3, -0.25) is 0 Å². The van der Waals surface area contributed by atoms with E-state index in [1.165, 1.54) is 6.07 Å². The average molecular weight is 302 g/mol. The SMILES string of the molecule is CNCc1cc(F)c(F)c(S(=O)(=O)N2CC=CCC2)c1. The van der Waals surface area contributed by atoms with E-state index in [0.29, 0.717) is 12.0 Å². The minimum atomic E-state index is -4.02. The molecule has 0 radical (unpaired) electrons. The molecule has 1 aliphatic heterocycles. The van der Waals surface area contributed by atoms with Crippen molar-refractivity contribution in [1.82, 2.24) is 9.62 Å². The van der Waals surface area contributed by atoms with Gasteiger partial charge in [-0.05, 0) is 31.2 Å². The predicted molar refractivity (Wildman–Crippen MR) is 71.6 cm³/mol. The van der Waals surface area contributed by atoms with Crippen molar-refractivity contribution in [1.29, 1.82) is 0 Å². The normalized spacial score (nSPS) is 16.6. The Morgan fingerprint density at radius 2 is 2.05 bits per heavy atom. The van der Waals surface area contributed by atoms with Gasteiger partial charge in [-0.2, -0.15) is 4.31 Å². The molecule has 0 atom stereocenters. The Kier molecular flexibility index (Phi) is 4.52. The van der Waals surface area contributed by atoms with Crippen LogP contribution in [0.3, 0.4) is 0 Å². The maximum Gasteiger partial charge on any atom is 0.246 e. The summed E-state index contributed by atoms with van der Waals surface area (Å²) in [4.78, 5) is -0.599. The molecule has 1 aromatic carbocycles. The predicted octanol–water partition coefficient (Wildman–Crippen LogP) is 1.63. The highest BCUT2D eigenvalue weighted by Crippen LogP contribution is 2.24. The van der Waals surface area contributed by atoms with E-state index >= 15 is 0 Å². The molecule has 1 N–H and O–H groups in total. The summed E-state index contributed by atoms with van der Waals surface area (Å²) < 4.78 is 53.3. The van der Waals surface area contributed by atoms with Crippen molar-refractivity contribution in [3.63, 3.8) is 0 Å². The van der Waals surface area contributed by atoms with Crippen LogP contribution in [0.5, 0.6) is 0 Å². The van der Waals surface area contributed by atoms with E-state index in [1.807, 2.05) is 6.08 Å². The fourth-order valence-corrected chi connectivity index (χ4v) is 3.62. The number of nitrogens with zero attached hydrogens (tertiary/aromatic N) is 1. The second-order valence-electron chi connectivity index (χ2n) is 4.54. The van der Waals surface area contributed by atoms with Crippen LogP contribution in [-0.4, -0.2) is 32.9 Å². The van der Waals surface area contributed by atoms with Crippen LogP contribution in [-0.2, 0) is 16.6 Å². The summed E-state index contributed by atoms with van der Waals surface area (Å²) in [5.74, 6) is -2.47. The molecule has 0 amide bonds. The maximum atomic E-state index is 13.9. The number of halogens is 2. The third-order valence-corrected chi connectivity index (χ3v) is 4.94. The molecule has 1 aliphatic rings. The Morgan fingerprint density at radius 1 is 1.30 bits per heavy atom. The fraction of sp³-hybridized carbons (Fsp3) is 0.385. The van der Waals surface area contributed by atoms with Crippen molar-refractivity contribution in [2.45, 2.75) is 17.9 Å². The average Bonchev–Trinajstić information content (AvgIpc) is 2.43. The fourth-order valence-electron chi connectivity index (χ4n) is 2.09. The Bertz CT molecular complexity index is 630. The number of hydrogen-bond acceptors (Lipinski definition) is 3. The Morgan fingerprint density at radius 3 is 2.65 bits per heavy atom. The highest BCUT2D eigenvalue weighted by atomic mass is 32.2. The number of rotatable bonds is 4. The molecular weight excluding hydrogens is 286 g/mol. The molecule has 4 nitrogen and oxygen atoms in total. The van der Waals surface area contributed by atoms with Crippen molar-refractivity contribution < 1.29 is 17.2 Å². The molecule has 0 fully saturated rings. The van der Waals surface area contributed by atoms with Gasteiger partial charge in [0.05, 0.1) is 0 Å². The zero-order valence-electron chi connectivity index (χ0n) is 11.1. The standard InChI is InChI=1S/C13H16F2N2O2S/c1-16-9-10-7-11(14)13(15)12(8-10)20(18,19)17-5-3-2-4-6-17/h2-3,7-8,16H,4-6,9H2,1H3. The molecule has 20 heavy (non-hydrogen) atoms. The summed E-state index contributed by atoms with van der Waals surface area (Å²) in [7, 11) is -2.37. The van der Waals surface area contributed by atoms with Gasteiger partial charge in [-0.25, -0.2) is 17.2 Å². The molecule has 0 saturated heterocycles. The Balaban J connectivity index is 2.47. The molecule has 0 saturated carbocycles. The number of hydrogen-bond donors (Lipinski definition) is 1. The molecule has 2 rings (SSSR count). The van der Waals surface area contributed by atoms with Gasteiger partial charge in [0.15, 0.2) is 11.6 Å². The number of sulfonamides is 1. The quantitative estimate of drug-likeness (QED) is 0.860. The maximum absolute atomic E-state index is 13.9. The second-order valence-corrected chi connectivity index (χ2v) is 6.45. The van der Waals surface area contributed by atoms with E-state index in [2.05, 4.69) is 5.32 Å². The first-order valence-electron chi connectivity index (χ1n) is 6.24. The molecule has 0 aliphatic carbocycles. The minimum absolute atomic E-state index is 0.180. The third-order valence-electron chi connectivity index (χ3n) is 3.07. The van der Waals surface area contributed by atoms with E-state index in [1.54, 1.807) is 13.1 Å². The topological polar surface area (TPSA) is 49.4 Å². The van der Waals surface area contributed by atoms with E-state index in [0.717, 1.165) is 10.4 Å². The lowest BCUT2D eigenvalue weighted by atomic mass is 10.2. The van der Waals surface area contributed by atoms with Gasteiger partial charge in [0.2, 0.25) is 10.0 Å². The van der Waals surface area contributed by atoms with Crippen LogP contribution in [0.25, 0.3) is 0 Å². The first-order valence-corrected chi connectivity index (χ1v) is 7.68. The van der Waals surface area contributed by atoms with E-state index in [-0.39, 0.29) is 19.6 Å². The molecular formula is C13H16F2N2O2S. The lowest BCUT2D eigenvalue weighted by molar-refractivity contribution is 0.426. The molecule has 0 bridgehead atoms. The third kappa shape index (κ3) is 2.89. The van der Waals surface area contributed by atoms with Crippen LogP contribution >= 0.6 is 0 Å². The highest BCUT2D eigenvalue weighted by Gasteiger charge is 2.29. The summed E-state index contributed by atoms with van der Waals surface area (Å²) in [5, 5.41) is 2.78. The summed E-state index contributed by atoms with van der Waals surface area (Å²) in [6.45, 7) is 0.718. The summed E-state index contributed by atoms with van der Waals surface area (Å²) >= 11 is 0. The van der Waals surface area contributed by atoms with Gasteiger partial charge in [0, 0.05) is 19.6 Å². The van der Waals surface area contributed by atoms with Crippen LogP contribution in [0.1, 0.15) is 12.0 Å². The van der Waals surface area contributed by atoms with Gasteiger partial charge >= 0.3 is 0 Å². The number of benzene rings is 1. The highest BCUT2D eigenvalue weighted by molar-refractivity contribution is 7.89. The van der Waals surface area contributed by atoms with Crippen molar-refractivity contribution in [2.24, 2.45) is 0 Å². The zero-order valence-corrected chi connectivity index (χ0v) is 11.9. The first-order chi connectivity index (χ1) is 9.46. The van der Waals surface area contributed by atoms with E-state index in [9.17, 15) is 17.2 Å².